The minimum atomic E-state index is -0.166. The molecule has 2 aromatic rings. The zero-order chi connectivity index (χ0) is 13.9. The minimum Gasteiger partial charge on any atom is -0.309 e. The Morgan fingerprint density at radius 2 is 2.10 bits per heavy atom. The number of thiazole rings is 1. The van der Waals surface area contributed by atoms with Crippen LogP contribution in [0.2, 0.25) is 0 Å². The molecule has 1 heterocycles. The zero-order valence-electron chi connectivity index (χ0n) is 11.6. The molecule has 2 nitrogen and oxygen atoms in total. The van der Waals surface area contributed by atoms with Crippen LogP contribution in [-0.2, 0) is 6.42 Å². The Balaban J connectivity index is 1.59. The summed E-state index contributed by atoms with van der Waals surface area (Å²) in [5, 5.41) is 6.87. The van der Waals surface area contributed by atoms with Crippen molar-refractivity contribution in [2.75, 3.05) is 6.54 Å². The second-order valence-corrected chi connectivity index (χ2v) is 6.49. The van der Waals surface area contributed by atoms with Gasteiger partial charge in [0.05, 0.1) is 10.7 Å². The number of rotatable bonds is 6. The molecule has 3 rings (SSSR count). The van der Waals surface area contributed by atoms with Crippen molar-refractivity contribution in [2.24, 2.45) is 5.92 Å². The van der Waals surface area contributed by atoms with Crippen LogP contribution in [0.1, 0.15) is 35.1 Å². The molecule has 0 aliphatic heterocycles. The van der Waals surface area contributed by atoms with E-state index >= 15 is 0 Å². The smallest absolute Gasteiger partial charge is 0.123 e. The SMILES string of the molecule is Cc1nc(CCNC(c2ccc(F)cc2)C2CC2)cs1. The summed E-state index contributed by atoms with van der Waals surface area (Å²) in [6.07, 6.45) is 3.49. The van der Waals surface area contributed by atoms with Crippen molar-refractivity contribution in [3.05, 3.63) is 51.7 Å². The van der Waals surface area contributed by atoms with Gasteiger partial charge in [-0.3, -0.25) is 0 Å². The average molecular weight is 290 g/mol. The standard InChI is InChI=1S/C16H19FN2S/c1-11-19-15(10-20-11)8-9-18-16(12-2-3-12)13-4-6-14(17)7-5-13/h4-7,10,12,16,18H,2-3,8-9H2,1H3. The summed E-state index contributed by atoms with van der Waals surface area (Å²) in [5.74, 6) is 0.541. The fourth-order valence-electron chi connectivity index (χ4n) is 2.54. The molecule has 0 amide bonds. The predicted molar refractivity (Wildman–Crippen MR) is 80.4 cm³/mol. The number of halogens is 1. The van der Waals surface area contributed by atoms with Crippen molar-refractivity contribution in [1.29, 1.82) is 0 Å². The third-order valence-electron chi connectivity index (χ3n) is 3.73. The van der Waals surface area contributed by atoms with Gasteiger partial charge in [0.2, 0.25) is 0 Å². The minimum absolute atomic E-state index is 0.166. The quantitative estimate of drug-likeness (QED) is 0.873. The number of aromatic nitrogens is 1. The third-order valence-corrected chi connectivity index (χ3v) is 4.56. The highest BCUT2D eigenvalue weighted by atomic mass is 32.1. The van der Waals surface area contributed by atoms with Gasteiger partial charge in [-0.1, -0.05) is 12.1 Å². The van der Waals surface area contributed by atoms with Crippen LogP contribution in [0.5, 0.6) is 0 Å². The van der Waals surface area contributed by atoms with Crippen molar-refractivity contribution < 1.29 is 4.39 Å². The number of aryl methyl sites for hydroxylation is 1. The van der Waals surface area contributed by atoms with Crippen LogP contribution in [-0.4, -0.2) is 11.5 Å². The molecule has 1 aliphatic rings. The van der Waals surface area contributed by atoms with Gasteiger partial charge in [-0.15, -0.1) is 11.3 Å². The Kier molecular flexibility index (Phi) is 4.13. The molecule has 1 fully saturated rings. The third kappa shape index (κ3) is 3.44. The van der Waals surface area contributed by atoms with Crippen LogP contribution < -0.4 is 5.32 Å². The van der Waals surface area contributed by atoms with Crippen LogP contribution in [0.15, 0.2) is 29.6 Å². The first-order chi connectivity index (χ1) is 9.72. The van der Waals surface area contributed by atoms with Gasteiger partial charge in [-0.2, -0.15) is 0 Å². The van der Waals surface area contributed by atoms with E-state index < -0.39 is 0 Å². The van der Waals surface area contributed by atoms with E-state index in [0.29, 0.717) is 12.0 Å². The van der Waals surface area contributed by atoms with E-state index in [1.807, 2.05) is 19.1 Å². The van der Waals surface area contributed by atoms with Crippen molar-refractivity contribution in [3.8, 4) is 0 Å². The predicted octanol–water partition coefficient (Wildman–Crippen LogP) is 3.87. The first-order valence-electron chi connectivity index (χ1n) is 7.12. The maximum atomic E-state index is 13.0. The van der Waals surface area contributed by atoms with E-state index in [1.165, 1.54) is 18.4 Å². The molecular formula is C16H19FN2S. The molecule has 0 spiro atoms. The zero-order valence-corrected chi connectivity index (χ0v) is 12.4. The summed E-state index contributed by atoms with van der Waals surface area (Å²) < 4.78 is 13.0. The number of nitrogens with zero attached hydrogens (tertiary/aromatic N) is 1. The van der Waals surface area contributed by atoms with Gasteiger partial charge in [0.15, 0.2) is 0 Å². The monoisotopic (exact) mass is 290 g/mol. The van der Waals surface area contributed by atoms with E-state index in [1.54, 1.807) is 23.5 Å². The lowest BCUT2D eigenvalue weighted by Crippen LogP contribution is -2.25. The van der Waals surface area contributed by atoms with Crippen molar-refractivity contribution in [1.82, 2.24) is 10.3 Å². The Morgan fingerprint density at radius 1 is 1.35 bits per heavy atom. The highest BCUT2D eigenvalue weighted by molar-refractivity contribution is 7.09. The largest absolute Gasteiger partial charge is 0.309 e. The summed E-state index contributed by atoms with van der Waals surface area (Å²) in [6.45, 7) is 2.95. The first-order valence-corrected chi connectivity index (χ1v) is 8.00. The molecule has 1 aliphatic carbocycles. The van der Waals surface area contributed by atoms with E-state index in [2.05, 4.69) is 15.7 Å². The van der Waals surface area contributed by atoms with E-state index in [9.17, 15) is 4.39 Å². The lowest BCUT2D eigenvalue weighted by molar-refractivity contribution is 0.482. The van der Waals surface area contributed by atoms with Gasteiger partial charge in [0.1, 0.15) is 5.82 Å². The average Bonchev–Trinajstić information content (AvgIpc) is 3.19. The summed E-state index contributed by atoms with van der Waals surface area (Å²) in [7, 11) is 0. The number of hydrogen-bond donors (Lipinski definition) is 1. The van der Waals surface area contributed by atoms with Crippen LogP contribution in [0.4, 0.5) is 4.39 Å². The fourth-order valence-corrected chi connectivity index (χ4v) is 3.18. The molecule has 0 radical (unpaired) electrons. The molecule has 20 heavy (non-hydrogen) atoms. The Hall–Kier alpha value is -1.26. The van der Waals surface area contributed by atoms with Crippen molar-refractivity contribution in [3.63, 3.8) is 0 Å². The second kappa shape index (κ2) is 6.02. The van der Waals surface area contributed by atoms with Gasteiger partial charge in [-0.05, 0) is 43.4 Å². The first kappa shape index (κ1) is 13.7. The van der Waals surface area contributed by atoms with Crippen LogP contribution in [0.3, 0.4) is 0 Å². The van der Waals surface area contributed by atoms with Gasteiger partial charge < -0.3 is 5.32 Å². The second-order valence-electron chi connectivity index (χ2n) is 5.43. The maximum Gasteiger partial charge on any atom is 0.123 e. The molecule has 4 heteroatoms. The number of hydrogen-bond acceptors (Lipinski definition) is 3. The van der Waals surface area contributed by atoms with Crippen molar-refractivity contribution >= 4 is 11.3 Å². The molecule has 1 saturated carbocycles. The molecule has 1 unspecified atom stereocenters. The Bertz CT molecular complexity index is 560. The summed E-state index contributed by atoms with van der Waals surface area (Å²) in [6, 6.07) is 7.26. The fraction of sp³-hybridized carbons (Fsp3) is 0.438. The molecule has 0 bridgehead atoms. The summed E-state index contributed by atoms with van der Waals surface area (Å²) in [5.41, 5.74) is 2.36. The van der Waals surface area contributed by atoms with Crippen LogP contribution in [0, 0.1) is 18.7 Å². The van der Waals surface area contributed by atoms with Crippen LogP contribution >= 0.6 is 11.3 Å². The van der Waals surface area contributed by atoms with Gasteiger partial charge in [0.25, 0.3) is 0 Å². The molecular weight excluding hydrogens is 271 g/mol. The molecule has 106 valence electrons. The van der Waals surface area contributed by atoms with Crippen LogP contribution in [0.25, 0.3) is 0 Å². The Morgan fingerprint density at radius 3 is 2.70 bits per heavy atom. The topological polar surface area (TPSA) is 24.9 Å². The maximum absolute atomic E-state index is 13.0. The highest BCUT2D eigenvalue weighted by Gasteiger charge is 2.31. The molecule has 0 saturated heterocycles. The molecule has 1 atom stereocenters. The summed E-state index contributed by atoms with van der Waals surface area (Å²) >= 11 is 1.70. The lowest BCUT2D eigenvalue weighted by atomic mass is 10.0. The van der Waals surface area contributed by atoms with E-state index in [0.717, 1.165) is 23.7 Å². The van der Waals surface area contributed by atoms with Crippen molar-refractivity contribution in [2.45, 2.75) is 32.2 Å². The number of nitrogens with one attached hydrogen (secondary N) is 1. The van der Waals surface area contributed by atoms with E-state index in [4.69, 9.17) is 0 Å². The lowest BCUT2D eigenvalue weighted by Gasteiger charge is -2.18. The number of benzene rings is 1. The molecule has 1 aromatic heterocycles. The normalized spacial score (nSPS) is 16.3. The molecule has 1 N–H and O–H groups in total. The summed E-state index contributed by atoms with van der Waals surface area (Å²) in [4.78, 5) is 4.48. The van der Waals surface area contributed by atoms with Gasteiger partial charge in [-0.25, -0.2) is 9.37 Å². The van der Waals surface area contributed by atoms with Gasteiger partial charge in [0, 0.05) is 24.4 Å². The highest BCUT2D eigenvalue weighted by Crippen LogP contribution is 2.40. The molecule has 1 aromatic carbocycles. The van der Waals surface area contributed by atoms with Gasteiger partial charge >= 0.3 is 0 Å². The van der Waals surface area contributed by atoms with E-state index in [-0.39, 0.29) is 5.82 Å². The Labute approximate surface area is 123 Å².